The molecule has 3 N–H and O–H groups in total. The number of urea groups is 1. The third kappa shape index (κ3) is 3.50. The monoisotopic (exact) mass is 272 g/mol. The number of nitrogens with one attached hydrogen (secondary N) is 3. The summed E-state index contributed by atoms with van der Waals surface area (Å²) in [7, 11) is 0. The highest BCUT2D eigenvalue weighted by Crippen LogP contribution is 2.19. The lowest BCUT2D eigenvalue weighted by Crippen LogP contribution is -2.30. The minimum atomic E-state index is -0.175. The van der Waals surface area contributed by atoms with Crippen molar-refractivity contribution in [2.24, 2.45) is 0 Å². The molecule has 0 spiro atoms. The van der Waals surface area contributed by atoms with Gasteiger partial charge in [-0.15, -0.1) is 0 Å². The first kappa shape index (κ1) is 12.5. The number of pyridine rings is 1. The van der Waals surface area contributed by atoms with Gasteiger partial charge in [-0.1, -0.05) is 0 Å². The summed E-state index contributed by atoms with van der Waals surface area (Å²) in [4.78, 5) is 15.8. The van der Waals surface area contributed by atoms with Gasteiger partial charge in [0.15, 0.2) is 0 Å². The second-order valence-electron chi connectivity index (χ2n) is 4.74. The van der Waals surface area contributed by atoms with E-state index in [0.29, 0.717) is 18.3 Å². The highest BCUT2D eigenvalue weighted by atomic mass is 16.3. The number of nitrogens with zero attached hydrogens (tertiary/aromatic N) is 1. The van der Waals surface area contributed by atoms with Gasteiger partial charge in [0.25, 0.3) is 0 Å². The van der Waals surface area contributed by atoms with E-state index < -0.39 is 0 Å². The molecule has 3 rings (SSSR count). The zero-order chi connectivity index (χ0) is 13.8. The summed E-state index contributed by atoms with van der Waals surface area (Å²) in [6, 6.07) is 7.53. The lowest BCUT2D eigenvalue weighted by atomic mass is 10.4. The maximum absolute atomic E-state index is 11.6. The summed E-state index contributed by atoms with van der Waals surface area (Å²) in [5.41, 5.74) is 0.673. The Morgan fingerprint density at radius 3 is 2.90 bits per heavy atom. The van der Waals surface area contributed by atoms with Gasteiger partial charge in [-0.05, 0) is 37.1 Å². The summed E-state index contributed by atoms with van der Waals surface area (Å²) in [5.74, 6) is 1.58. The molecule has 1 fully saturated rings. The molecule has 0 bridgehead atoms. The summed E-state index contributed by atoms with van der Waals surface area (Å²) < 4.78 is 5.22. The standard InChI is InChI=1S/C14H16N4O2/c19-14(17-10-3-4-10)18-11-5-6-13(15-8-11)16-9-12-2-1-7-20-12/h1-2,5-8,10H,3-4,9H2,(H,15,16)(H2,17,18,19). The van der Waals surface area contributed by atoms with E-state index in [4.69, 9.17) is 4.42 Å². The van der Waals surface area contributed by atoms with Crippen LogP contribution >= 0.6 is 0 Å². The highest BCUT2D eigenvalue weighted by molar-refractivity contribution is 5.89. The molecule has 1 aliphatic rings. The summed E-state index contributed by atoms with van der Waals surface area (Å²) in [6.45, 7) is 0.578. The molecular weight excluding hydrogens is 256 g/mol. The van der Waals surface area contributed by atoms with Crippen molar-refractivity contribution in [3.05, 3.63) is 42.5 Å². The van der Waals surface area contributed by atoms with Crippen LogP contribution in [0.1, 0.15) is 18.6 Å². The largest absolute Gasteiger partial charge is 0.467 e. The van der Waals surface area contributed by atoms with Crippen LogP contribution < -0.4 is 16.0 Å². The summed E-state index contributed by atoms with van der Waals surface area (Å²) in [6.07, 6.45) is 5.40. The molecule has 2 aromatic rings. The Labute approximate surface area is 116 Å². The van der Waals surface area contributed by atoms with Gasteiger partial charge in [0.2, 0.25) is 0 Å². The van der Waals surface area contributed by atoms with Crippen molar-refractivity contribution < 1.29 is 9.21 Å². The molecule has 0 aliphatic heterocycles. The van der Waals surface area contributed by atoms with Crippen LogP contribution in [-0.4, -0.2) is 17.1 Å². The molecule has 6 heteroatoms. The van der Waals surface area contributed by atoms with Gasteiger partial charge in [0.05, 0.1) is 24.7 Å². The number of hydrogen-bond donors (Lipinski definition) is 3. The Hall–Kier alpha value is -2.50. The van der Waals surface area contributed by atoms with Crippen LogP contribution in [0.5, 0.6) is 0 Å². The van der Waals surface area contributed by atoms with Gasteiger partial charge in [0.1, 0.15) is 11.6 Å². The molecule has 0 radical (unpaired) electrons. The molecule has 0 unspecified atom stereocenters. The first-order valence-electron chi connectivity index (χ1n) is 6.59. The predicted octanol–water partition coefficient (Wildman–Crippen LogP) is 2.57. The van der Waals surface area contributed by atoms with E-state index in [1.54, 1.807) is 12.5 Å². The molecule has 0 aromatic carbocycles. The number of rotatable bonds is 5. The van der Waals surface area contributed by atoms with E-state index in [1.807, 2.05) is 24.3 Å². The number of amides is 2. The molecule has 2 amide bonds. The van der Waals surface area contributed by atoms with Crippen molar-refractivity contribution in [3.63, 3.8) is 0 Å². The Balaban J connectivity index is 1.49. The maximum atomic E-state index is 11.6. The lowest BCUT2D eigenvalue weighted by Gasteiger charge is -2.07. The first-order valence-corrected chi connectivity index (χ1v) is 6.59. The zero-order valence-corrected chi connectivity index (χ0v) is 10.9. The molecule has 0 atom stereocenters. The number of anilines is 2. The van der Waals surface area contributed by atoms with Crippen molar-refractivity contribution in [2.45, 2.75) is 25.4 Å². The normalized spacial score (nSPS) is 13.8. The van der Waals surface area contributed by atoms with Crippen LogP contribution in [0, 0.1) is 0 Å². The van der Waals surface area contributed by atoms with E-state index in [0.717, 1.165) is 24.4 Å². The SMILES string of the molecule is O=C(Nc1ccc(NCc2ccco2)nc1)NC1CC1. The van der Waals surface area contributed by atoms with Gasteiger partial charge in [0, 0.05) is 6.04 Å². The van der Waals surface area contributed by atoms with E-state index >= 15 is 0 Å². The van der Waals surface area contributed by atoms with Gasteiger partial charge >= 0.3 is 6.03 Å². The van der Waals surface area contributed by atoms with Gasteiger partial charge in [-0.3, -0.25) is 0 Å². The number of carbonyl (C=O) groups is 1. The molecular formula is C14H16N4O2. The molecule has 20 heavy (non-hydrogen) atoms. The minimum Gasteiger partial charge on any atom is -0.467 e. The third-order valence-electron chi connectivity index (χ3n) is 2.96. The maximum Gasteiger partial charge on any atom is 0.319 e. The van der Waals surface area contributed by atoms with Crippen molar-refractivity contribution in [1.29, 1.82) is 0 Å². The quantitative estimate of drug-likeness (QED) is 0.781. The fraction of sp³-hybridized carbons (Fsp3) is 0.286. The van der Waals surface area contributed by atoms with Crippen LogP contribution in [0.15, 0.2) is 41.1 Å². The van der Waals surface area contributed by atoms with Gasteiger partial charge in [-0.25, -0.2) is 9.78 Å². The van der Waals surface area contributed by atoms with E-state index in [1.165, 1.54) is 0 Å². The fourth-order valence-electron chi connectivity index (χ4n) is 1.74. The second-order valence-corrected chi connectivity index (χ2v) is 4.74. The highest BCUT2D eigenvalue weighted by Gasteiger charge is 2.23. The van der Waals surface area contributed by atoms with Gasteiger partial charge < -0.3 is 20.4 Å². The Bertz CT molecular complexity index is 561. The lowest BCUT2D eigenvalue weighted by molar-refractivity contribution is 0.251. The molecule has 1 saturated carbocycles. The smallest absolute Gasteiger partial charge is 0.319 e. The molecule has 6 nitrogen and oxygen atoms in total. The predicted molar refractivity (Wildman–Crippen MR) is 75.4 cm³/mol. The summed E-state index contributed by atoms with van der Waals surface area (Å²) >= 11 is 0. The summed E-state index contributed by atoms with van der Waals surface area (Å²) in [5, 5.41) is 8.74. The topological polar surface area (TPSA) is 79.2 Å². The molecule has 1 aliphatic carbocycles. The number of furan rings is 1. The average molecular weight is 272 g/mol. The van der Waals surface area contributed by atoms with Crippen LogP contribution in [0.3, 0.4) is 0 Å². The number of carbonyl (C=O) groups excluding carboxylic acids is 1. The fourth-order valence-corrected chi connectivity index (χ4v) is 1.74. The third-order valence-corrected chi connectivity index (χ3v) is 2.96. The van der Waals surface area contributed by atoms with Crippen LogP contribution in [0.2, 0.25) is 0 Å². The van der Waals surface area contributed by atoms with Gasteiger partial charge in [-0.2, -0.15) is 0 Å². The average Bonchev–Trinajstić information content (AvgIpc) is 3.10. The van der Waals surface area contributed by atoms with Crippen LogP contribution in [0.25, 0.3) is 0 Å². The van der Waals surface area contributed by atoms with Crippen LogP contribution in [0.4, 0.5) is 16.3 Å². The van der Waals surface area contributed by atoms with Crippen LogP contribution in [-0.2, 0) is 6.54 Å². The van der Waals surface area contributed by atoms with Crippen molar-refractivity contribution in [2.75, 3.05) is 10.6 Å². The van der Waals surface area contributed by atoms with Crippen molar-refractivity contribution in [1.82, 2.24) is 10.3 Å². The molecule has 0 saturated heterocycles. The minimum absolute atomic E-state index is 0.175. The first-order chi connectivity index (χ1) is 9.79. The second kappa shape index (κ2) is 5.64. The number of aromatic nitrogens is 1. The van der Waals surface area contributed by atoms with Crippen molar-refractivity contribution >= 4 is 17.5 Å². The molecule has 2 aromatic heterocycles. The van der Waals surface area contributed by atoms with E-state index in [9.17, 15) is 4.79 Å². The molecule has 104 valence electrons. The number of hydrogen-bond acceptors (Lipinski definition) is 4. The Morgan fingerprint density at radius 2 is 2.25 bits per heavy atom. The van der Waals surface area contributed by atoms with Crippen molar-refractivity contribution in [3.8, 4) is 0 Å². The molecule has 2 heterocycles. The van der Waals surface area contributed by atoms with E-state index in [2.05, 4.69) is 20.9 Å². The Kier molecular flexibility index (Phi) is 3.54. The zero-order valence-electron chi connectivity index (χ0n) is 10.9. The Morgan fingerprint density at radius 1 is 1.35 bits per heavy atom. The van der Waals surface area contributed by atoms with E-state index in [-0.39, 0.29) is 6.03 Å².